The number of nitrogens with one attached hydrogen (secondary N) is 3. The van der Waals surface area contributed by atoms with Crippen LogP contribution in [0.2, 0.25) is 0 Å². The average Bonchev–Trinajstić information content (AvgIpc) is 3.08. The summed E-state index contributed by atoms with van der Waals surface area (Å²) in [5, 5.41) is 5.88. The van der Waals surface area contributed by atoms with Crippen molar-refractivity contribution in [3.63, 3.8) is 0 Å². The van der Waals surface area contributed by atoms with E-state index in [1.54, 1.807) is 12.1 Å². The Morgan fingerprint density at radius 3 is 2.71 bits per heavy atom. The molecule has 1 saturated carbocycles. The van der Waals surface area contributed by atoms with E-state index < -0.39 is 10.0 Å². The number of hydrogen-bond acceptors (Lipinski definition) is 4. The highest BCUT2D eigenvalue weighted by atomic mass is 32.2. The second kappa shape index (κ2) is 5.75. The van der Waals surface area contributed by atoms with Gasteiger partial charge in [0.1, 0.15) is 0 Å². The Morgan fingerprint density at radius 2 is 2.05 bits per heavy atom. The molecule has 7 heteroatoms. The first-order chi connectivity index (χ1) is 10.0. The van der Waals surface area contributed by atoms with Gasteiger partial charge in [0.25, 0.3) is 0 Å². The molecule has 6 nitrogen and oxygen atoms in total. The first kappa shape index (κ1) is 14.5. The predicted octanol–water partition coefficient (Wildman–Crippen LogP) is 0.818. The molecule has 3 N–H and O–H groups in total. The molecule has 1 amide bonds. The minimum atomic E-state index is -3.49. The summed E-state index contributed by atoms with van der Waals surface area (Å²) in [6, 6.07) is 6.25. The summed E-state index contributed by atoms with van der Waals surface area (Å²) in [7, 11) is -3.49. The zero-order valence-electron chi connectivity index (χ0n) is 11.6. The minimum Gasteiger partial charge on any atom is -0.325 e. The maximum absolute atomic E-state index is 12.1. The summed E-state index contributed by atoms with van der Waals surface area (Å²) < 4.78 is 26.9. The van der Waals surface area contributed by atoms with Crippen LogP contribution in [-0.4, -0.2) is 33.0 Å². The fraction of sp³-hybridized carbons (Fsp3) is 0.500. The van der Waals surface area contributed by atoms with E-state index in [-0.39, 0.29) is 22.9 Å². The third-order valence-electron chi connectivity index (χ3n) is 3.69. The van der Waals surface area contributed by atoms with E-state index in [0.29, 0.717) is 5.69 Å². The molecular weight excluding hydrogens is 290 g/mol. The first-order valence-electron chi connectivity index (χ1n) is 7.21. The van der Waals surface area contributed by atoms with Gasteiger partial charge in [-0.3, -0.25) is 4.79 Å². The molecule has 1 aliphatic heterocycles. The Bertz CT molecular complexity index is 635. The lowest BCUT2D eigenvalue weighted by Gasteiger charge is -2.12. The van der Waals surface area contributed by atoms with Gasteiger partial charge in [-0.05, 0) is 50.4 Å². The maximum atomic E-state index is 12.1. The summed E-state index contributed by atoms with van der Waals surface area (Å²) in [5.74, 6) is -0.114. The van der Waals surface area contributed by atoms with E-state index in [1.165, 1.54) is 12.1 Å². The van der Waals surface area contributed by atoms with E-state index in [9.17, 15) is 13.2 Å². The average molecular weight is 309 g/mol. The Hall–Kier alpha value is -1.44. The van der Waals surface area contributed by atoms with Gasteiger partial charge in [0.05, 0.1) is 10.9 Å². The fourth-order valence-electron chi connectivity index (χ4n) is 2.37. The summed E-state index contributed by atoms with van der Waals surface area (Å²) in [6.07, 6.45) is 3.58. The van der Waals surface area contributed by atoms with Gasteiger partial charge in [-0.1, -0.05) is 6.07 Å². The number of hydrogen-bond donors (Lipinski definition) is 3. The van der Waals surface area contributed by atoms with E-state index in [0.717, 1.165) is 32.2 Å². The van der Waals surface area contributed by atoms with Gasteiger partial charge >= 0.3 is 0 Å². The molecule has 0 bridgehead atoms. The van der Waals surface area contributed by atoms with Gasteiger partial charge in [-0.15, -0.1) is 0 Å². The van der Waals surface area contributed by atoms with Crippen LogP contribution in [0, 0.1) is 0 Å². The zero-order chi connectivity index (χ0) is 14.9. The number of anilines is 1. The monoisotopic (exact) mass is 309 g/mol. The van der Waals surface area contributed by atoms with E-state index in [1.807, 2.05) is 0 Å². The lowest BCUT2D eigenvalue weighted by molar-refractivity contribution is -0.117. The number of sulfonamides is 1. The summed E-state index contributed by atoms with van der Waals surface area (Å²) in [6.45, 7) is 0.845. The highest BCUT2D eigenvalue weighted by Gasteiger charge is 2.28. The Labute approximate surface area is 124 Å². The molecule has 2 fully saturated rings. The van der Waals surface area contributed by atoms with Crippen molar-refractivity contribution in [1.29, 1.82) is 0 Å². The van der Waals surface area contributed by atoms with Crippen molar-refractivity contribution < 1.29 is 13.2 Å². The Morgan fingerprint density at radius 1 is 1.24 bits per heavy atom. The topological polar surface area (TPSA) is 87.3 Å². The van der Waals surface area contributed by atoms with E-state index in [2.05, 4.69) is 15.4 Å². The van der Waals surface area contributed by atoms with Crippen LogP contribution in [0.3, 0.4) is 0 Å². The van der Waals surface area contributed by atoms with Crippen molar-refractivity contribution in [2.45, 2.75) is 42.7 Å². The zero-order valence-corrected chi connectivity index (χ0v) is 12.4. The molecule has 0 aromatic heterocycles. The molecule has 3 rings (SSSR count). The second-order valence-corrected chi connectivity index (χ2v) is 7.28. The number of benzene rings is 1. The molecule has 1 aliphatic carbocycles. The second-order valence-electron chi connectivity index (χ2n) is 5.56. The largest absolute Gasteiger partial charge is 0.325 e. The van der Waals surface area contributed by atoms with Gasteiger partial charge in [0, 0.05) is 11.7 Å². The highest BCUT2D eigenvalue weighted by molar-refractivity contribution is 7.89. The van der Waals surface area contributed by atoms with Crippen LogP contribution >= 0.6 is 0 Å². The molecule has 1 atom stereocenters. The smallest absolute Gasteiger partial charge is 0.241 e. The third-order valence-corrected chi connectivity index (χ3v) is 5.21. The van der Waals surface area contributed by atoms with Gasteiger partial charge in [-0.25, -0.2) is 13.1 Å². The van der Waals surface area contributed by atoms with Gasteiger partial charge in [-0.2, -0.15) is 0 Å². The maximum Gasteiger partial charge on any atom is 0.241 e. The summed E-state index contributed by atoms with van der Waals surface area (Å²) in [4.78, 5) is 12.2. The summed E-state index contributed by atoms with van der Waals surface area (Å²) in [5.41, 5.74) is 0.507. The van der Waals surface area contributed by atoms with Crippen molar-refractivity contribution >= 4 is 21.6 Å². The normalized spacial score (nSPS) is 22.2. The SMILES string of the molecule is O=C(Nc1cccc(S(=O)(=O)NC2CC2)c1)C1CCCN1. The van der Waals surface area contributed by atoms with Crippen molar-refractivity contribution in [1.82, 2.24) is 10.0 Å². The van der Waals surface area contributed by atoms with Crippen molar-refractivity contribution in [2.24, 2.45) is 0 Å². The van der Waals surface area contributed by atoms with Gasteiger partial charge < -0.3 is 10.6 Å². The molecule has 21 heavy (non-hydrogen) atoms. The standard InChI is InChI=1S/C14H19N3O3S/c18-14(13-5-2-8-15-13)16-11-3-1-4-12(9-11)21(19,20)17-10-6-7-10/h1,3-4,9-10,13,15,17H,2,5-8H2,(H,16,18). The van der Waals surface area contributed by atoms with Crippen molar-refractivity contribution in [3.05, 3.63) is 24.3 Å². The summed E-state index contributed by atoms with van der Waals surface area (Å²) >= 11 is 0. The predicted molar refractivity (Wildman–Crippen MR) is 79.4 cm³/mol. The lowest BCUT2D eigenvalue weighted by Crippen LogP contribution is -2.35. The number of rotatable bonds is 5. The molecule has 0 radical (unpaired) electrons. The van der Waals surface area contributed by atoms with Crippen LogP contribution in [0.5, 0.6) is 0 Å². The van der Waals surface area contributed by atoms with Crippen LogP contribution in [0.15, 0.2) is 29.2 Å². The Kier molecular flexibility index (Phi) is 3.97. The molecule has 0 spiro atoms. The molecule has 114 valence electrons. The van der Waals surface area contributed by atoms with Crippen molar-refractivity contribution in [2.75, 3.05) is 11.9 Å². The fourth-order valence-corrected chi connectivity index (χ4v) is 3.72. The third kappa shape index (κ3) is 3.61. The van der Waals surface area contributed by atoms with E-state index in [4.69, 9.17) is 0 Å². The molecule has 1 aromatic rings. The van der Waals surface area contributed by atoms with Crippen LogP contribution < -0.4 is 15.4 Å². The molecule has 1 aromatic carbocycles. The molecule has 1 heterocycles. The van der Waals surface area contributed by atoms with Crippen LogP contribution in [0.4, 0.5) is 5.69 Å². The molecule has 2 aliphatic rings. The first-order valence-corrected chi connectivity index (χ1v) is 8.69. The minimum absolute atomic E-state index is 0.0657. The molecular formula is C14H19N3O3S. The number of amides is 1. The molecule has 1 saturated heterocycles. The van der Waals surface area contributed by atoms with Gasteiger partial charge in [0.2, 0.25) is 15.9 Å². The number of carbonyl (C=O) groups is 1. The van der Waals surface area contributed by atoms with Crippen LogP contribution in [0.25, 0.3) is 0 Å². The van der Waals surface area contributed by atoms with Crippen LogP contribution in [0.1, 0.15) is 25.7 Å². The number of carbonyl (C=O) groups excluding carboxylic acids is 1. The van der Waals surface area contributed by atoms with Gasteiger partial charge in [0.15, 0.2) is 0 Å². The lowest BCUT2D eigenvalue weighted by atomic mass is 10.2. The molecule has 1 unspecified atom stereocenters. The van der Waals surface area contributed by atoms with Crippen LogP contribution in [-0.2, 0) is 14.8 Å². The Balaban J connectivity index is 1.71. The van der Waals surface area contributed by atoms with Crippen molar-refractivity contribution in [3.8, 4) is 0 Å². The quantitative estimate of drug-likeness (QED) is 0.751. The van der Waals surface area contributed by atoms with E-state index >= 15 is 0 Å². The highest BCUT2D eigenvalue weighted by Crippen LogP contribution is 2.23.